The quantitative estimate of drug-likeness (QED) is 0.298. The van der Waals surface area contributed by atoms with E-state index in [0.717, 1.165) is 31.9 Å². The summed E-state index contributed by atoms with van der Waals surface area (Å²) in [5.74, 6) is -3.62. The number of aryl methyl sites for hydroxylation is 1. The van der Waals surface area contributed by atoms with Crippen molar-refractivity contribution in [3.8, 4) is 5.88 Å². The van der Waals surface area contributed by atoms with E-state index in [0.29, 0.717) is 66.6 Å². The highest BCUT2D eigenvalue weighted by Crippen LogP contribution is 2.44. The summed E-state index contributed by atoms with van der Waals surface area (Å²) in [6.07, 6.45) is 0.667. The van der Waals surface area contributed by atoms with Gasteiger partial charge in [0, 0.05) is 49.7 Å². The molecule has 0 radical (unpaired) electrons. The normalized spacial score (nSPS) is 18.4. The zero-order chi connectivity index (χ0) is 31.8. The lowest BCUT2D eigenvalue weighted by molar-refractivity contribution is -0.0900. The Labute approximate surface area is 259 Å². The van der Waals surface area contributed by atoms with E-state index in [1.165, 1.54) is 12.1 Å². The number of nitrogens with zero attached hydrogens (tertiary/aromatic N) is 6. The van der Waals surface area contributed by atoms with Gasteiger partial charge in [-0.15, -0.1) is 0 Å². The van der Waals surface area contributed by atoms with E-state index in [9.17, 15) is 0 Å². The third-order valence-electron chi connectivity index (χ3n) is 9.30. The van der Waals surface area contributed by atoms with Gasteiger partial charge in [0.15, 0.2) is 5.65 Å². The van der Waals surface area contributed by atoms with E-state index < -0.39 is 29.3 Å². The van der Waals surface area contributed by atoms with E-state index in [4.69, 9.17) is 9.72 Å². The Balaban J connectivity index is 1.43. The molecule has 2 saturated heterocycles. The Hall–Kier alpha value is -3.18. The highest BCUT2D eigenvalue weighted by molar-refractivity contribution is 5.90. The summed E-state index contributed by atoms with van der Waals surface area (Å²) < 4.78 is 53.2. The van der Waals surface area contributed by atoms with Crippen LogP contribution in [0, 0.1) is 18.7 Å². The first-order valence-corrected chi connectivity index (χ1v) is 15.8. The van der Waals surface area contributed by atoms with Crippen molar-refractivity contribution < 1.29 is 17.9 Å². The minimum absolute atomic E-state index is 0.165. The van der Waals surface area contributed by atoms with Crippen LogP contribution in [0.4, 0.5) is 24.7 Å². The van der Waals surface area contributed by atoms with Crippen molar-refractivity contribution in [2.24, 2.45) is 5.92 Å². The van der Waals surface area contributed by atoms with Gasteiger partial charge >= 0.3 is 0 Å². The molecule has 2 aliphatic rings. The molecule has 0 amide bonds. The average molecular weight is 614 g/mol. The fraction of sp³-hybridized carbons (Fsp3) is 0.606. The lowest BCUT2D eigenvalue weighted by Crippen LogP contribution is -2.49. The number of hydrogen-bond donors (Lipinski definition) is 1. The molecule has 1 atom stereocenters. The molecule has 0 aliphatic carbocycles. The first-order valence-electron chi connectivity index (χ1n) is 15.8. The first-order chi connectivity index (χ1) is 20.9. The van der Waals surface area contributed by atoms with Crippen LogP contribution >= 0.6 is 0 Å². The summed E-state index contributed by atoms with van der Waals surface area (Å²) in [5, 5.41) is 3.95. The van der Waals surface area contributed by atoms with Gasteiger partial charge in [-0.05, 0) is 73.5 Å². The number of piperazine rings is 1. The third-order valence-corrected chi connectivity index (χ3v) is 9.30. The van der Waals surface area contributed by atoms with E-state index in [1.54, 1.807) is 27.0 Å². The fourth-order valence-corrected chi connectivity index (χ4v) is 6.53. The minimum atomic E-state index is -3.27. The van der Waals surface area contributed by atoms with Crippen LogP contribution in [0.5, 0.6) is 5.88 Å². The first kappa shape index (κ1) is 32.2. The minimum Gasteiger partial charge on any atom is -0.479 e. The van der Waals surface area contributed by atoms with Crippen molar-refractivity contribution in [3.63, 3.8) is 0 Å². The van der Waals surface area contributed by atoms with Gasteiger partial charge in [0.1, 0.15) is 23.1 Å². The zero-order valence-corrected chi connectivity index (χ0v) is 27.0. The Morgan fingerprint density at radius 3 is 2.16 bits per heavy atom. The van der Waals surface area contributed by atoms with Crippen molar-refractivity contribution in [1.29, 1.82) is 0 Å². The summed E-state index contributed by atoms with van der Waals surface area (Å²) in [6.45, 7) is 16.7. The molecule has 44 heavy (non-hydrogen) atoms. The number of halogens is 3. The summed E-state index contributed by atoms with van der Waals surface area (Å²) in [6, 6.07) is 6.40. The average Bonchev–Trinajstić information content (AvgIpc) is 3.00. The SMILES string of the molecule is COc1nc2nc(C)nc(N[C@H](C)c3cccc(C(F)(F)C4CCN(C(C)C)CC4)c3F)c2cc1N1CCN(C(C)C)CC1. The predicted molar refractivity (Wildman–Crippen MR) is 169 cm³/mol. The fourth-order valence-electron chi connectivity index (χ4n) is 6.53. The number of alkyl halides is 2. The highest BCUT2D eigenvalue weighted by atomic mass is 19.3. The lowest BCUT2D eigenvalue weighted by Gasteiger charge is -2.38. The molecule has 4 heterocycles. The van der Waals surface area contributed by atoms with Gasteiger partial charge in [-0.3, -0.25) is 4.90 Å². The maximum Gasteiger partial charge on any atom is 0.278 e. The van der Waals surface area contributed by atoms with E-state index in [-0.39, 0.29) is 5.56 Å². The smallest absolute Gasteiger partial charge is 0.278 e. The van der Waals surface area contributed by atoms with Gasteiger partial charge < -0.3 is 19.9 Å². The molecule has 0 spiro atoms. The van der Waals surface area contributed by atoms with Gasteiger partial charge in [-0.1, -0.05) is 18.2 Å². The predicted octanol–water partition coefficient (Wildman–Crippen LogP) is 6.40. The molecule has 0 unspecified atom stereocenters. The van der Waals surface area contributed by atoms with Gasteiger partial charge in [-0.25, -0.2) is 23.1 Å². The van der Waals surface area contributed by atoms with Gasteiger partial charge in [0.05, 0.1) is 24.1 Å². The Morgan fingerprint density at radius 2 is 1.55 bits per heavy atom. The second kappa shape index (κ2) is 13.0. The number of hydrogen-bond acceptors (Lipinski definition) is 8. The van der Waals surface area contributed by atoms with Crippen LogP contribution in [-0.2, 0) is 5.92 Å². The second-order valence-corrected chi connectivity index (χ2v) is 12.7. The maximum absolute atomic E-state index is 16.0. The van der Waals surface area contributed by atoms with Crippen LogP contribution in [0.1, 0.15) is 70.5 Å². The number of methoxy groups -OCH3 is 1. The number of rotatable bonds is 9. The lowest BCUT2D eigenvalue weighted by atomic mass is 9.85. The molecule has 2 aromatic heterocycles. The summed E-state index contributed by atoms with van der Waals surface area (Å²) in [4.78, 5) is 20.7. The van der Waals surface area contributed by atoms with Crippen LogP contribution in [-0.4, -0.2) is 83.2 Å². The third kappa shape index (κ3) is 6.44. The van der Waals surface area contributed by atoms with Crippen molar-refractivity contribution in [1.82, 2.24) is 24.8 Å². The molecule has 3 aromatic rings. The molecule has 2 aliphatic heterocycles. The standard InChI is InChI=1S/C33H46F3N7O/c1-20(2)41-13-11-24(12-14-41)33(35,36)27-10-8-9-25(29(27)34)22(5)37-30-26-19-28(43-17-15-42(16-18-43)21(3)4)32(44-7)40-31(26)39-23(6)38-30/h8-10,19-22,24H,11-18H2,1-7H3,(H,37,38,39,40)/t22-/m1/s1. The molecular formula is C33H46F3N7O. The van der Waals surface area contributed by atoms with Gasteiger partial charge in [-0.2, -0.15) is 4.98 Å². The highest BCUT2D eigenvalue weighted by Gasteiger charge is 2.45. The number of pyridine rings is 1. The number of benzene rings is 1. The van der Waals surface area contributed by atoms with Crippen LogP contribution < -0.4 is 15.0 Å². The monoisotopic (exact) mass is 613 g/mol. The van der Waals surface area contributed by atoms with Crippen molar-refractivity contribution in [2.45, 2.75) is 78.4 Å². The molecule has 0 bridgehead atoms. The molecular weight excluding hydrogens is 567 g/mol. The van der Waals surface area contributed by atoms with Crippen LogP contribution in [0.25, 0.3) is 11.0 Å². The van der Waals surface area contributed by atoms with E-state index in [1.807, 2.05) is 6.07 Å². The Morgan fingerprint density at radius 1 is 0.909 bits per heavy atom. The molecule has 2 fully saturated rings. The number of anilines is 2. The Kier molecular flexibility index (Phi) is 9.55. The molecule has 1 N–H and O–H groups in total. The van der Waals surface area contributed by atoms with E-state index in [2.05, 4.69) is 57.7 Å². The number of fused-ring (bicyclic) bond motifs is 1. The van der Waals surface area contributed by atoms with Crippen molar-refractivity contribution in [2.75, 3.05) is 56.6 Å². The van der Waals surface area contributed by atoms with E-state index >= 15 is 13.2 Å². The molecule has 11 heteroatoms. The second-order valence-electron chi connectivity index (χ2n) is 12.7. The largest absolute Gasteiger partial charge is 0.479 e. The number of ether oxygens (including phenoxy) is 1. The van der Waals surface area contributed by atoms with Gasteiger partial charge in [0.25, 0.3) is 5.92 Å². The van der Waals surface area contributed by atoms with Crippen LogP contribution in [0.15, 0.2) is 24.3 Å². The zero-order valence-electron chi connectivity index (χ0n) is 27.0. The van der Waals surface area contributed by atoms with Crippen molar-refractivity contribution in [3.05, 3.63) is 47.0 Å². The summed E-state index contributed by atoms with van der Waals surface area (Å²) >= 11 is 0. The van der Waals surface area contributed by atoms with Crippen molar-refractivity contribution >= 4 is 22.5 Å². The molecule has 0 saturated carbocycles. The molecule has 8 nitrogen and oxygen atoms in total. The number of piperidine rings is 1. The molecule has 240 valence electrons. The Bertz CT molecular complexity index is 1450. The molecule has 5 rings (SSSR count). The summed E-state index contributed by atoms with van der Waals surface area (Å²) in [5.41, 5.74) is 0.910. The number of likely N-dealkylation sites (tertiary alicyclic amines) is 1. The molecule has 1 aromatic carbocycles. The number of nitrogens with one attached hydrogen (secondary N) is 1. The van der Waals surface area contributed by atoms with Crippen LogP contribution in [0.2, 0.25) is 0 Å². The van der Waals surface area contributed by atoms with Gasteiger partial charge in [0.2, 0.25) is 5.88 Å². The summed E-state index contributed by atoms with van der Waals surface area (Å²) in [7, 11) is 1.59. The number of aromatic nitrogens is 3. The maximum atomic E-state index is 16.0. The van der Waals surface area contributed by atoms with Crippen LogP contribution in [0.3, 0.4) is 0 Å². The topological polar surface area (TPSA) is 69.7 Å².